The highest BCUT2D eigenvalue weighted by atomic mass is 16.5. The molecule has 2 aromatic carbocycles. The summed E-state index contributed by atoms with van der Waals surface area (Å²) in [5.74, 6) is 0.575. The van der Waals surface area contributed by atoms with Crippen molar-refractivity contribution in [2.75, 3.05) is 7.11 Å². The summed E-state index contributed by atoms with van der Waals surface area (Å²) >= 11 is 0. The van der Waals surface area contributed by atoms with E-state index in [2.05, 4.69) is 6.08 Å². The van der Waals surface area contributed by atoms with E-state index in [1.807, 2.05) is 38.1 Å². The molecular formula is C19H18O3. The third-order valence-corrected chi connectivity index (χ3v) is 3.73. The van der Waals surface area contributed by atoms with E-state index in [-0.39, 0.29) is 5.43 Å². The maximum absolute atomic E-state index is 12.9. The fourth-order valence-corrected chi connectivity index (χ4v) is 2.61. The topological polar surface area (TPSA) is 39.4 Å². The normalized spacial score (nSPS) is 10.9. The second-order valence-electron chi connectivity index (χ2n) is 5.54. The van der Waals surface area contributed by atoms with Crippen LogP contribution in [0.25, 0.3) is 21.9 Å². The fourth-order valence-electron chi connectivity index (χ4n) is 2.61. The second kappa shape index (κ2) is 5.68. The number of ether oxygens (including phenoxy) is 1. The van der Waals surface area contributed by atoms with Crippen LogP contribution in [0.15, 0.2) is 57.3 Å². The minimum atomic E-state index is -0.00657. The molecule has 0 bridgehead atoms. The molecule has 1 aromatic heterocycles. The molecule has 1 heterocycles. The SMILES string of the molecule is COc1cccc2c(=O)c3c(CC=C(C)C)cccc3oc12. The van der Waals surface area contributed by atoms with Crippen LogP contribution in [0.4, 0.5) is 0 Å². The minimum absolute atomic E-state index is 0.00657. The highest BCUT2D eigenvalue weighted by Crippen LogP contribution is 2.28. The Labute approximate surface area is 128 Å². The molecule has 0 aliphatic rings. The number of rotatable bonds is 3. The van der Waals surface area contributed by atoms with Crippen LogP contribution in [0.1, 0.15) is 19.4 Å². The number of fused-ring (bicyclic) bond motifs is 2. The summed E-state index contributed by atoms with van der Waals surface area (Å²) in [6, 6.07) is 11.1. The van der Waals surface area contributed by atoms with Crippen LogP contribution in [0, 0.1) is 0 Å². The zero-order chi connectivity index (χ0) is 15.7. The van der Waals surface area contributed by atoms with Crippen LogP contribution in [-0.4, -0.2) is 7.11 Å². The van der Waals surface area contributed by atoms with Gasteiger partial charge < -0.3 is 9.15 Å². The third kappa shape index (κ3) is 2.39. The van der Waals surface area contributed by atoms with Crippen LogP contribution in [-0.2, 0) is 6.42 Å². The zero-order valence-electron chi connectivity index (χ0n) is 13.0. The van der Waals surface area contributed by atoms with Gasteiger partial charge in [0, 0.05) is 0 Å². The first-order chi connectivity index (χ1) is 10.6. The molecule has 0 aliphatic carbocycles. The van der Waals surface area contributed by atoms with Gasteiger partial charge in [-0.05, 0) is 44.0 Å². The van der Waals surface area contributed by atoms with Crippen molar-refractivity contribution in [2.24, 2.45) is 0 Å². The van der Waals surface area contributed by atoms with E-state index >= 15 is 0 Å². The lowest BCUT2D eigenvalue weighted by Gasteiger charge is -2.08. The highest BCUT2D eigenvalue weighted by molar-refractivity contribution is 5.93. The summed E-state index contributed by atoms with van der Waals surface area (Å²) in [6.45, 7) is 4.10. The van der Waals surface area contributed by atoms with Crippen LogP contribution < -0.4 is 10.2 Å². The van der Waals surface area contributed by atoms with Crippen LogP contribution >= 0.6 is 0 Å². The van der Waals surface area contributed by atoms with Crippen LogP contribution in [0.2, 0.25) is 0 Å². The molecule has 3 rings (SSSR count). The molecule has 0 saturated heterocycles. The van der Waals surface area contributed by atoms with Gasteiger partial charge in [-0.25, -0.2) is 0 Å². The molecule has 0 spiro atoms. The monoisotopic (exact) mass is 294 g/mol. The summed E-state index contributed by atoms with van der Waals surface area (Å²) in [4.78, 5) is 12.9. The van der Waals surface area contributed by atoms with Gasteiger partial charge in [0.2, 0.25) is 5.43 Å². The van der Waals surface area contributed by atoms with Gasteiger partial charge >= 0.3 is 0 Å². The predicted octanol–water partition coefficient (Wildman–Crippen LogP) is 4.46. The molecule has 0 atom stereocenters. The lowest BCUT2D eigenvalue weighted by atomic mass is 10.0. The summed E-state index contributed by atoms with van der Waals surface area (Å²) in [7, 11) is 1.57. The highest BCUT2D eigenvalue weighted by Gasteiger charge is 2.13. The Morgan fingerprint density at radius 2 is 1.95 bits per heavy atom. The van der Waals surface area contributed by atoms with E-state index in [0.717, 1.165) is 12.0 Å². The lowest BCUT2D eigenvalue weighted by Crippen LogP contribution is -2.05. The Morgan fingerprint density at radius 1 is 1.18 bits per heavy atom. The van der Waals surface area contributed by atoms with Gasteiger partial charge in [-0.3, -0.25) is 4.79 Å². The van der Waals surface area contributed by atoms with Gasteiger partial charge in [-0.1, -0.05) is 29.8 Å². The largest absolute Gasteiger partial charge is 0.493 e. The van der Waals surface area contributed by atoms with Crippen molar-refractivity contribution in [1.29, 1.82) is 0 Å². The molecule has 0 fully saturated rings. The molecule has 0 N–H and O–H groups in total. The van der Waals surface area contributed by atoms with Crippen molar-refractivity contribution in [3.8, 4) is 5.75 Å². The number of hydrogen-bond acceptors (Lipinski definition) is 3. The molecule has 3 nitrogen and oxygen atoms in total. The van der Waals surface area contributed by atoms with Crippen molar-refractivity contribution in [1.82, 2.24) is 0 Å². The standard InChI is InChI=1S/C19H18O3/c1-12(2)10-11-13-6-4-8-15-17(13)18(20)14-7-5-9-16(21-3)19(14)22-15/h4-10H,11H2,1-3H3. The summed E-state index contributed by atoms with van der Waals surface area (Å²) in [5.41, 5.74) is 3.30. The van der Waals surface area contributed by atoms with Gasteiger partial charge in [-0.15, -0.1) is 0 Å². The Hall–Kier alpha value is -2.55. The average Bonchev–Trinajstić information content (AvgIpc) is 2.52. The van der Waals surface area contributed by atoms with Crippen molar-refractivity contribution < 1.29 is 9.15 Å². The maximum atomic E-state index is 12.9. The van der Waals surface area contributed by atoms with Crippen LogP contribution in [0.5, 0.6) is 5.75 Å². The van der Waals surface area contributed by atoms with Crippen molar-refractivity contribution in [2.45, 2.75) is 20.3 Å². The van der Waals surface area contributed by atoms with Crippen LogP contribution in [0.3, 0.4) is 0 Å². The molecular weight excluding hydrogens is 276 g/mol. The number of methoxy groups -OCH3 is 1. The van der Waals surface area contributed by atoms with E-state index in [9.17, 15) is 4.79 Å². The summed E-state index contributed by atoms with van der Waals surface area (Å²) < 4.78 is 11.2. The Kier molecular flexibility index (Phi) is 3.72. The van der Waals surface area contributed by atoms with Gasteiger partial charge in [0.15, 0.2) is 11.3 Å². The van der Waals surface area contributed by atoms with E-state index in [1.165, 1.54) is 5.57 Å². The molecule has 3 heteroatoms. The van der Waals surface area contributed by atoms with Gasteiger partial charge in [0.25, 0.3) is 0 Å². The summed E-state index contributed by atoms with van der Waals surface area (Å²) in [6.07, 6.45) is 2.84. The quantitative estimate of drug-likeness (QED) is 0.528. The van der Waals surface area contributed by atoms with Crippen molar-refractivity contribution in [3.63, 3.8) is 0 Å². The average molecular weight is 294 g/mol. The smallest absolute Gasteiger partial charge is 0.200 e. The first-order valence-electron chi connectivity index (χ1n) is 7.26. The molecule has 0 radical (unpaired) electrons. The zero-order valence-corrected chi connectivity index (χ0v) is 13.0. The molecule has 0 unspecified atom stereocenters. The first kappa shape index (κ1) is 14.4. The molecule has 22 heavy (non-hydrogen) atoms. The van der Waals surface area contributed by atoms with Gasteiger partial charge in [0.1, 0.15) is 5.58 Å². The minimum Gasteiger partial charge on any atom is -0.493 e. The first-order valence-corrected chi connectivity index (χ1v) is 7.26. The number of hydrogen-bond donors (Lipinski definition) is 0. The number of allylic oxidation sites excluding steroid dienone is 2. The molecule has 0 saturated carbocycles. The number of benzene rings is 2. The third-order valence-electron chi connectivity index (χ3n) is 3.73. The van der Waals surface area contributed by atoms with Crippen molar-refractivity contribution in [3.05, 3.63) is 63.8 Å². The molecule has 112 valence electrons. The Bertz CT molecular complexity index is 928. The molecule has 0 amide bonds. The van der Waals surface area contributed by atoms with Crippen molar-refractivity contribution >= 4 is 21.9 Å². The van der Waals surface area contributed by atoms with Gasteiger partial charge in [-0.2, -0.15) is 0 Å². The second-order valence-corrected chi connectivity index (χ2v) is 5.54. The fraction of sp³-hybridized carbons (Fsp3) is 0.211. The Morgan fingerprint density at radius 3 is 2.68 bits per heavy atom. The predicted molar refractivity (Wildman–Crippen MR) is 89.7 cm³/mol. The molecule has 3 aromatic rings. The lowest BCUT2D eigenvalue weighted by molar-refractivity contribution is 0.411. The van der Waals surface area contributed by atoms with E-state index < -0.39 is 0 Å². The Balaban J connectivity index is 2.37. The van der Waals surface area contributed by atoms with E-state index in [1.54, 1.807) is 19.2 Å². The summed E-state index contributed by atoms with van der Waals surface area (Å²) in [5, 5.41) is 1.21. The molecule has 0 aliphatic heterocycles. The number of para-hydroxylation sites is 1. The van der Waals surface area contributed by atoms with E-state index in [0.29, 0.717) is 27.7 Å². The van der Waals surface area contributed by atoms with E-state index in [4.69, 9.17) is 9.15 Å². The van der Waals surface area contributed by atoms with Gasteiger partial charge in [0.05, 0.1) is 17.9 Å². The maximum Gasteiger partial charge on any atom is 0.200 e.